The van der Waals surface area contributed by atoms with Crippen molar-refractivity contribution in [3.05, 3.63) is 42.1 Å². The first-order chi connectivity index (χ1) is 17.0. The number of hydrogen-bond donors (Lipinski definition) is 1. The molecule has 1 aromatic heterocycles. The van der Waals surface area contributed by atoms with Crippen LogP contribution in [0.15, 0.2) is 36.5 Å². The first-order valence-electron chi connectivity index (χ1n) is 13.1. The highest BCUT2D eigenvalue weighted by molar-refractivity contribution is 6.00. The topological polar surface area (TPSA) is 66.9 Å². The van der Waals surface area contributed by atoms with Gasteiger partial charge in [0, 0.05) is 43.6 Å². The number of carbonyl (C=O) groups is 1. The molecule has 2 aliphatic heterocycles. The average Bonchev–Trinajstić information content (AvgIpc) is 3.06. The third kappa shape index (κ3) is 5.02. The Labute approximate surface area is 208 Å². The van der Waals surface area contributed by atoms with Crippen LogP contribution in [0.25, 0.3) is 0 Å². The van der Waals surface area contributed by atoms with Gasteiger partial charge in [0.05, 0.1) is 37.2 Å². The summed E-state index contributed by atoms with van der Waals surface area (Å²) in [6.45, 7) is 8.17. The van der Waals surface area contributed by atoms with Crippen LogP contribution in [-0.4, -0.2) is 50.4 Å². The Hall–Kier alpha value is -2.64. The second-order valence-electron chi connectivity index (χ2n) is 10.4. The number of fused-ring (bicyclic) bond motifs is 2. The van der Waals surface area contributed by atoms with Crippen LogP contribution in [0.4, 0.5) is 22.9 Å². The molecule has 2 aromatic rings. The van der Waals surface area contributed by atoms with E-state index < -0.39 is 0 Å². The van der Waals surface area contributed by atoms with Crippen molar-refractivity contribution in [3.8, 4) is 0 Å². The molecule has 3 aliphatic rings. The van der Waals surface area contributed by atoms with E-state index >= 15 is 0 Å². The maximum Gasteiger partial charge on any atom is 0.230 e. The van der Waals surface area contributed by atoms with Gasteiger partial charge >= 0.3 is 0 Å². The second-order valence-corrected chi connectivity index (χ2v) is 10.4. The van der Waals surface area contributed by atoms with Crippen LogP contribution in [0, 0.1) is 17.8 Å². The van der Waals surface area contributed by atoms with Gasteiger partial charge in [0.25, 0.3) is 0 Å². The third-order valence-corrected chi connectivity index (χ3v) is 7.90. The predicted octanol–water partition coefficient (Wildman–Crippen LogP) is 4.99. The fourth-order valence-electron chi connectivity index (χ4n) is 6.05. The molecule has 188 valence electrons. The summed E-state index contributed by atoms with van der Waals surface area (Å²) in [7, 11) is 1.82. The second kappa shape index (κ2) is 10.5. The van der Waals surface area contributed by atoms with Crippen molar-refractivity contribution in [1.82, 2.24) is 4.98 Å². The fraction of sp³-hybridized carbons (Fsp3) is 0.571. The Kier molecular flexibility index (Phi) is 7.25. The maximum atomic E-state index is 14.1. The monoisotopic (exact) mass is 478 g/mol. The lowest BCUT2D eigenvalue weighted by Crippen LogP contribution is -2.40. The number of hydrogen-bond acceptors (Lipinski definition) is 6. The number of carbonyl (C=O) groups excluding carboxylic acids is 1. The molecule has 1 saturated carbocycles. The molecule has 0 bridgehead atoms. The molecule has 7 nitrogen and oxygen atoms in total. The van der Waals surface area contributed by atoms with E-state index in [1.54, 1.807) is 6.20 Å². The van der Waals surface area contributed by atoms with Crippen LogP contribution in [0.3, 0.4) is 0 Å². The van der Waals surface area contributed by atoms with Crippen LogP contribution in [0.1, 0.15) is 45.1 Å². The quantitative estimate of drug-likeness (QED) is 0.653. The Morgan fingerprint density at radius 1 is 1.14 bits per heavy atom. The number of nitrogens with one attached hydrogen (secondary N) is 1. The molecule has 1 aromatic carbocycles. The molecule has 1 saturated heterocycles. The first kappa shape index (κ1) is 24.1. The molecule has 0 spiro atoms. The third-order valence-electron chi connectivity index (χ3n) is 7.90. The van der Waals surface area contributed by atoms with Gasteiger partial charge in [-0.25, -0.2) is 4.98 Å². The number of anilines is 4. The summed E-state index contributed by atoms with van der Waals surface area (Å²) in [5, 5.41) is 3.50. The smallest absolute Gasteiger partial charge is 0.230 e. The van der Waals surface area contributed by atoms with Crippen molar-refractivity contribution in [2.45, 2.75) is 52.2 Å². The highest BCUT2D eigenvalue weighted by Crippen LogP contribution is 2.41. The van der Waals surface area contributed by atoms with E-state index in [9.17, 15) is 4.79 Å². The fourth-order valence-corrected chi connectivity index (χ4v) is 6.05. The molecule has 0 unspecified atom stereocenters. The summed E-state index contributed by atoms with van der Waals surface area (Å²) >= 11 is 0. The lowest BCUT2D eigenvalue weighted by atomic mass is 9.76. The van der Waals surface area contributed by atoms with Gasteiger partial charge in [0.15, 0.2) is 0 Å². The zero-order valence-electron chi connectivity index (χ0n) is 21.2. The van der Waals surface area contributed by atoms with Crippen molar-refractivity contribution in [3.63, 3.8) is 0 Å². The summed E-state index contributed by atoms with van der Waals surface area (Å²) in [5.74, 6) is 2.10. The number of pyridine rings is 1. The maximum absolute atomic E-state index is 14.1. The number of aromatic nitrogens is 1. The van der Waals surface area contributed by atoms with E-state index in [4.69, 9.17) is 9.47 Å². The van der Waals surface area contributed by atoms with Crippen molar-refractivity contribution >= 4 is 28.8 Å². The van der Waals surface area contributed by atoms with Crippen LogP contribution in [-0.2, 0) is 20.8 Å². The van der Waals surface area contributed by atoms with E-state index in [0.717, 1.165) is 80.4 Å². The van der Waals surface area contributed by atoms with E-state index in [1.807, 2.05) is 18.1 Å². The molecule has 35 heavy (non-hydrogen) atoms. The Balaban J connectivity index is 1.42. The molecule has 5 rings (SSSR count). The van der Waals surface area contributed by atoms with Crippen molar-refractivity contribution < 1.29 is 14.3 Å². The largest absolute Gasteiger partial charge is 0.381 e. The Morgan fingerprint density at radius 2 is 1.91 bits per heavy atom. The SMILES string of the molecule is CO[C@H](C(C)C)[C@H]1CC[C@H](C(=O)N2Cc3cccnc3Nc3ccc(N4CCOCC4)cc32)CC1. The summed E-state index contributed by atoms with van der Waals surface area (Å²) in [5.41, 5.74) is 4.05. The molecular weight excluding hydrogens is 440 g/mol. The minimum absolute atomic E-state index is 0.0361. The number of benzene rings is 1. The average molecular weight is 479 g/mol. The van der Waals surface area contributed by atoms with Crippen LogP contribution < -0.4 is 15.1 Å². The molecule has 1 N–H and O–H groups in total. The lowest BCUT2D eigenvalue weighted by Gasteiger charge is -2.36. The number of morpholine rings is 1. The van der Waals surface area contributed by atoms with E-state index in [0.29, 0.717) is 18.4 Å². The molecule has 1 aliphatic carbocycles. The summed E-state index contributed by atoms with van der Waals surface area (Å²) in [4.78, 5) is 23.0. The molecule has 1 amide bonds. The van der Waals surface area contributed by atoms with Crippen LogP contribution >= 0.6 is 0 Å². The standard InChI is InChI=1S/C28H38N4O3/c1-19(2)26(34-3)20-6-8-21(9-7-20)28(33)32-18-22-5-4-12-29-27(22)30-24-11-10-23(17-25(24)32)31-13-15-35-16-14-31/h4-5,10-12,17,19-21,26H,6-9,13-16,18H2,1-3H3,(H,29,30)/t20-,21-,26-/m1/s1. The zero-order valence-corrected chi connectivity index (χ0v) is 21.2. The van der Waals surface area contributed by atoms with Gasteiger partial charge in [-0.05, 0) is 61.8 Å². The van der Waals surface area contributed by atoms with E-state index in [-0.39, 0.29) is 17.9 Å². The van der Waals surface area contributed by atoms with Crippen molar-refractivity contribution in [2.24, 2.45) is 17.8 Å². The molecular formula is C28H38N4O3. The minimum Gasteiger partial charge on any atom is -0.381 e. The highest BCUT2D eigenvalue weighted by atomic mass is 16.5. The Bertz CT molecular complexity index is 1030. The van der Waals surface area contributed by atoms with Gasteiger partial charge in [-0.2, -0.15) is 0 Å². The van der Waals surface area contributed by atoms with Gasteiger partial charge in [-0.15, -0.1) is 0 Å². The van der Waals surface area contributed by atoms with Crippen molar-refractivity contribution in [1.29, 1.82) is 0 Å². The van der Waals surface area contributed by atoms with Gasteiger partial charge in [-0.1, -0.05) is 19.9 Å². The number of methoxy groups -OCH3 is 1. The van der Waals surface area contributed by atoms with Gasteiger partial charge in [0.1, 0.15) is 5.82 Å². The lowest BCUT2D eigenvalue weighted by molar-refractivity contribution is -0.124. The summed E-state index contributed by atoms with van der Waals surface area (Å²) < 4.78 is 11.4. The normalized spacial score (nSPS) is 23.2. The molecule has 1 atom stereocenters. The van der Waals surface area contributed by atoms with Gasteiger partial charge < -0.3 is 24.6 Å². The number of amides is 1. The summed E-state index contributed by atoms with van der Waals surface area (Å²) in [6.07, 6.45) is 5.98. The number of nitrogens with zero attached hydrogens (tertiary/aromatic N) is 3. The zero-order chi connectivity index (χ0) is 24.4. The first-order valence-corrected chi connectivity index (χ1v) is 13.1. The van der Waals surface area contributed by atoms with E-state index in [2.05, 4.69) is 53.3 Å². The molecule has 2 fully saturated rings. The predicted molar refractivity (Wildman–Crippen MR) is 139 cm³/mol. The molecule has 7 heteroatoms. The van der Waals surface area contributed by atoms with Crippen LogP contribution in [0.5, 0.6) is 0 Å². The van der Waals surface area contributed by atoms with Crippen molar-refractivity contribution in [2.75, 3.05) is 48.5 Å². The summed E-state index contributed by atoms with van der Waals surface area (Å²) in [6, 6.07) is 10.4. The number of rotatable bonds is 5. The molecule has 3 heterocycles. The van der Waals surface area contributed by atoms with Gasteiger partial charge in [0.2, 0.25) is 5.91 Å². The number of ether oxygens (including phenoxy) is 2. The minimum atomic E-state index is 0.0361. The van der Waals surface area contributed by atoms with Gasteiger partial charge in [-0.3, -0.25) is 4.79 Å². The highest BCUT2D eigenvalue weighted by Gasteiger charge is 2.36. The van der Waals surface area contributed by atoms with Crippen LogP contribution in [0.2, 0.25) is 0 Å². The Morgan fingerprint density at radius 3 is 2.63 bits per heavy atom. The van der Waals surface area contributed by atoms with E-state index in [1.165, 1.54) is 0 Å². The molecule has 0 radical (unpaired) electrons.